The van der Waals surface area contributed by atoms with E-state index in [1.165, 1.54) is 11.3 Å². The zero-order valence-corrected chi connectivity index (χ0v) is 18.3. The Labute approximate surface area is 179 Å². The molecule has 0 atom stereocenters. The summed E-state index contributed by atoms with van der Waals surface area (Å²) in [7, 11) is -1.32. The largest absolute Gasteiger partial charge is 0.496 e. The van der Waals surface area contributed by atoms with Crippen LogP contribution in [0.3, 0.4) is 0 Å². The first-order chi connectivity index (χ1) is 14.3. The van der Waals surface area contributed by atoms with Crippen LogP contribution in [0.5, 0.6) is 17.2 Å². The number of carbonyl (C=O) groups is 1. The molecule has 2 aromatic carbocycles. The van der Waals surface area contributed by atoms with Crippen LogP contribution in [0.15, 0.2) is 36.4 Å². The lowest BCUT2D eigenvalue weighted by Crippen LogP contribution is -2.22. The highest BCUT2D eigenvalue weighted by Gasteiger charge is 2.25. The van der Waals surface area contributed by atoms with Crippen molar-refractivity contribution in [2.45, 2.75) is 25.7 Å². The van der Waals surface area contributed by atoms with Crippen molar-refractivity contribution in [2.24, 2.45) is 0 Å². The third-order valence-electron chi connectivity index (χ3n) is 5.48. The number of aryl methyl sites for hydroxylation is 1. The number of thiophene rings is 1. The smallest absolute Gasteiger partial charge is 0.349 e. The minimum Gasteiger partial charge on any atom is -0.496 e. The number of ether oxygens (including phenoxy) is 2. The molecule has 0 bridgehead atoms. The quantitative estimate of drug-likeness (QED) is 0.593. The number of carboxylic acids is 1. The standard InChI is InChI=1S/C22H22O6S2/c1-13-11-19-17(12-18(13)27-2)20(21(29-19)22(23)24)28-16-5-3-14(4-6-16)15-7-9-30(25,26)10-8-15/h3-6,11-12,15H,7-10H2,1-2H3,(H,23,24). The zero-order valence-electron chi connectivity index (χ0n) is 16.7. The fourth-order valence-corrected chi connectivity index (χ4v) is 6.35. The molecule has 1 aromatic heterocycles. The topological polar surface area (TPSA) is 89.9 Å². The average molecular weight is 447 g/mol. The van der Waals surface area contributed by atoms with Crippen LogP contribution in [0.2, 0.25) is 0 Å². The van der Waals surface area contributed by atoms with Crippen LogP contribution in [0, 0.1) is 6.92 Å². The maximum Gasteiger partial charge on any atom is 0.349 e. The van der Waals surface area contributed by atoms with Gasteiger partial charge in [-0.25, -0.2) is 13.2 Å². The van der Waals surface area contributed by atoms with E-state index in [2.05, 4.69) is 0 Å². The summed E-state index contributed by atoms with van der Waals surface area (Å²) in [5, 5.41) is 10.3. The molecule has 1 aliphatic rings. The number of fused-ring (bicyclic) bond motifs is 1. The SMILES string of the molecule is COc1cc2c(Oc3ccc(C4CCS(=O)(=O)CC4)cc3)c(C(=O)O)sc2cc1C. The van der Waals surface area contributed by atoms with Crippen molar-refractivity contribution in [2.75, 3.05) is 18.6 Å². The Morgan fingerprint density at radius 1 is 1.13 bits per heavy atom. The van der Waals surface area contributed by atoms with Gasteiger partial charge in [0.2, 0.25) is 0 Å². The molecule has 0 saturated carbocycles. The highest BCUT2D eigenvalue weighted by Crippen LogP contribution is 2.43. The second kappa shape index (κ2) is 7.92. The molecule has 4 rings (SSSR count). The van der Waals surface area contributed by atoms with Gasteiger partial charge in [-0.1, -0.05) is 12.1 Å². The Hall–Kier alpha value is -2.58. The molecule has 6 nitrogen and oxygen atoms in total. The van der Waals surface area contributed by atoms with Crippen molar-refractivity contribution in [3.63, 3.8) is 0 Å². The predicted molar refractivity (Wildman–Crippen MR) is 117 cm³/mol. The molecule has 1 N–H and O–H groups in total. The van der Waals surface area contributed by atoms with Gasteiger partial charge >= 0.3 is 5.97 Å². The normalized spacial score (nSPS) is 16.5. The van der Waals surface area contributed by atoms with E-state index in [1.807, 2.05) is 25.1 Å². The Kier molecular flexibility index (Phi) is 5.46. The number of carboxylic acid groups (broad SMARTS) is 1. The Morgan fingerprint density at radius 2 is 1.80 bits per heavy atom. The summed E-state index contributed by atoms with van der Waals surface area (Å²) in [6.07, 6.45) is 1.25. The van der Waals surface area contributed by atoms with Gasteiger partial charge in [0.25, 0.3) is 0 Å². The summed E-state index contributed by atoms with van der Waals surface area (Å²) >= 11 is 1.17. The van der Waals surface area contributed by atoms with Crippen LogP contribution in [-0.2, 0) is 9.84 Å². The van der Waals surface area contributed by atoms with Crippen molar-refractivity contribution >= 4 is 37.2 Å². The summed E-state index contributed by atoms with van der Waals surface area (Å²) in [5.41, 5.74) is 2.00. The number of sulfone groups is 1. The summed E-state index contributed by atoms with van der Waals surface area (Å²) in [6, 6.07) is 11.2. The lowest BCUT2D eigenvalue weighted by molar-refractivity contribution is 0.0700. The van der Waals surface area contributed by atoms with Gasteiger partial charge in [0, 0.05) is 10.1 Å². The number of benzene rings is 2. The highest BCUT2D eigenvalue weighted by molar-refractivity contribution is 7.91. The van der Waals surface area contributed by atoms with Gasteiger partial charge in [-0.15, -0.1) is 11.3 Å². The van der Waals surface area contributed by atoms with Crippen LogP contribution < -0.4 is 9.47 Å². The molecule has 8 heteroatoms. The van der Waals surface area contributed by atoms with E-state index in [9.17, 15) is 18.3 Å². The van der Waals surface area contributed by atoms with Crippen LogP contribution in [-0.4, -0.2) is 38.1 Å². The van der Waals surface area contributed by atoms with Gasteiger partial charge < -0.3 is 14.6 Å². The van der Waals surface area contributed by atoms with E-state index >= 15 is 0 Å². The van der Waals surface area contributed by atoms with E-state index in [0.29, 0.717) is 35.5 Å². The first-order valence-corrected chi connectivity index (χ1v) is 12.2. The molecule has 0 aliphatic carbocycles. The third kappa shape index (κ3) is 4.02. The second-order valence-corrected chi connectivity index (χ2v) is 10.8. The highest BCUT2D eigenvalue weighted by atomic mass is 32.2. The average Bonchev–Trinajstić information content (AvgIpc) is 3.05. The van der Waals surface area contributed by atoms with Gasteiger partial charge in [0.05, 0.1) is 18.6 Å². The number of aromatic carboxylic acids is 1. The Balaban J connectivity index is 1.64. The molecule has 30 heavy (non-hydrogen) atoms. The molecule has 0 amide bonds. The zero-order chi connectivity index (χ0) is 21.5. The van der Waals surface area contributed by atoms with Crippen LogP contribution in [0.4, 0.5) is 0 Å². The minimum absolute atomic E-state index is 0.138. The van der Waals surface area contributed by atoms with Gasteiger partial charge in [-0.05, 0) is 61.1 Å². The fourth-order valence-electron chi connectivity index (χ4n) is 3.81. The summed E-state index contributed by atoms with van der Waals surface area (Å²) in [6.45, 7) is 1.91. The molecule has 1 saturated heterocycles. The first kappa shape index (κ1) is 20.7. The van der Waals surface area contributed by atoms with Gasteiger partial charge in [0.1, 0.15) is 21.3 Å². The molecule has 158 valence electrons. The molecular formula is C22H22O6S2. The molecule has 0 radical (unpaired) electrons. The lowest BCUT2D eigenvalue weighted by atomic mass is 9.93. The van der Waals surface area contributed by atoms with Crippen molar-refractivity contribution in [3.8, 4) is 17.2 Å². The monoisotopic (exact) mass is 446 g/mol. The van der Waals surface area contributed by atoms with Gasteiger partial charge in [-0.2, -0.15) is 0 Å². The fraction of sp³-hybridized carbons (Fsp3) is 0.318. The van der Waals surface area contributed by atoms with Crippen LogP contribution in [0.25, 0.3) is 10.1 Å². The number of rotatable bonds is 5. The number of methoxy groups -OCH3 is 1. The predicted octanol–water partition coefficient (Wildman–Crippen LogP) is 5.00. The first-order valence-electron chi connectivity index (χ1n) is 9.60. The van der Waals surface area contributed by atoms with Gasteiger partial charge in [0.15, 0.2) is 10.6 Å². The van der Waals surface area contributed by atoms with Gasteiger partial charge in [-0.3, -0.25) is 0 Å². The molecule has 3 aromatic rings. The number of hydrogen-bond donors (Lipinski definition) is 1. The molecule has 0 unspecified atom stereocenters. The lowest BCUT2D eigenvalue weighted by Gasteiger charge is -2.22. The molecule has 2 heterocycles. The Morgan fingerprint density at radius 3 is 2.40 bits per heavy atom. The minimum atomic E-state index is -2.90. The van der Waals surface area contributed by atoms with Crippen molar-refractivity contribution < 1.29 is 27.8 Å². The van der Waals surface area contributed by atoms with Crippen molar-refractivity contribution in [3.05, 3.63) is 52.4 Å². The summed E-state index contributed by atoms with van der Waals surface area (Å²) < 4.78 is 35.5. The summed E-state index contributed by atoms with van der Waals surface area (Å²) in [5.74, 6) is 1.13. The van der Waals surface area contributed by atoms with E-state index in [-0.39, 0.29) is 22.3 Å². The third-order valence-corrected chi connectivity index (χ3v) is 8.32. The van der Waals surface area contributed by atoms with E-state index in [0.717, 1.165) is 15.8 Å². The second-order valence-electron chi connectivity index (χ2n) is 7.48. The molecule has 1 fully saturated rings. The van der Waals surface area contributed by atoms with E-state index < -0.39 is 15.8 Å². The van der Waals surface area contributed by atoms with E-state index in [4.69, 9.17) is 9.47 Å². The van der Waals surface area contributed by atoms with E-state index in [1.54, 1.807) is 25.3 Å². The molecular weight excluding hydrogens is 424 g/mol. The molecule has 0 spiro atoms. The molecule has 1 aliphatic heterocycles. The van der Waals surface area contributed by atoms with Crippen LogP contribution in [0.1, 0.15) is 39.6 Å². The maximum atomic E-state index is 11.8. The number of hydrogen-bond acceptors (Lipinski definition) is 6. The Bertz CT molecular complexity index is 1190. The van der Waals surface area contributed by atoms with Crippen LogP contribution >= 0.6 is 11.3 Å². The summed E-state index contributed by atoms with van der Waals surface area (Å²) in [4.78, 5) is 11.9. The van der Waals surface area contributed by atoms with Crippen molar-refractivity contribution in [1.29, 1.82) is 0 Å². The maximum absolute atomic E-state index is 11.8. The van der Waals surface area contributed by atoms with Crippen molar-refractivity contribution in [1.82, 2.24) is 0 Å².